The Morgan fingerprint density at radius 2 is 1.98 bits per heavy atom. The van der Waals surface area contributed by atoms with Gasteiger partial charge in [0.25, 0.3) is 11.8 Å². The highest BCUT2D eigenvalue weighted by molar-refractivity contribution is 7.91. The molecule has 0 radical (unpaired) electrons. The number of carbonyl (C=O) groups is 4. The van der Waals surface area contributed by atoms with E-state index in [9.17, 15) is 32.0 Å². The number of aromatic nitrogens is 3. The minimum absolute atomic E-state index is 0.0169. The fraction of sp³-hybridized carbons (Fsp3) is 0.514. The SMILES string of the molecule is CCc1nc2cccc(F)c2nc1O[C@@H]1C[C@H]2C(=O)N[C@]3(C(=O)NS(=O)(=O)C4CC4)CC3/C=C\CCCCC[C@H](NC(=O)c3nccs3)C(=O)N2C1. The van der Waals surface area contributed by atoms with Crippen LogP contribution in [0.1, 0.15) is 80.2 Å². The Kier molecular flexibility index (Phi) is 9.99. The average Bonchev–Trinajstić information content (AvgIpc) is 3.98. The van der Waals surface area contributed by atoms with Crippen LogP contribution < -0.4 is 20.1 Å². The monoisotopic (exact) mass is 753 g/mol. The molecule has 4 heterocycles. The summed E-state index contributed by atoms with van der Waals surface area (Å²) in [5.41, 5.74) is -0.689. The van der Waals surface area contributed by atoms with Crippen LogP contribution in [0.25, 0.3) is 11.0 Å². The molecule has 52 heavy (non-hydrogen) atoms. The van der Waals surface area contributed by atoms with E-state index in [0.717, 1.165) is 24.2 Å². The number of para-hydroxylation sites is 1. The first-order chi connectivity index (χ1) is 25.0. The van der Waals surface area contributed by atoms with Crippen LogP contribution in [0.15, 0.2) is 41.9 Å². The van der Waals surface area contributed by atoms with Crippen molar-refractivity contribution in [2.45, 2.75) is 100 Å². The fourth-order valence-electron chi connectivity index (χ4n) is 6.95. The highest BCUT2D eigenvalue weighted by Crippen LogP contribution is 2.46. The van der Waals surface area contributed by atoms with Crippen LogP contribution in [0, 0.1) is 11.7 Å². The van der Waals surface area contributed by atoms with Crippen molar-refractivity contribution < 1.29 is 36.7 Å². The average molecular weight is 754 g/mol. The van der Waals surface area contributed by atoms with Crippen molar-refractivity contribution in [2.75, 3.05) is 6.54 Å². The minimum atomic E-state index is -3.91. The van der Waals surface area contributed by atoms with E-state index in [0.29, 0.717) is 49.7 Å². The fourth-order valence-corrected chi connectivity index (χ4v) is 8.85. The third-order valence-corrected chi connectivity index (χ3v) is 12.7. The van der Waals surface area contributed by atoms with Crippen molar-refractivity contribution >= 4 is 56.0 Å². The van der Waals surface area contributed by atoms with Gasteiger partial charge >= 0.3 is 0 Å². The molecule has 3 fully saturated rings. The number of hydrogen-bond acceptors (Lipinski definition) is 11. The van der Waals surface area contributed by atoms with E-state index in [1.165, 1.54) is 23.2 Å². The van der Waals surface area contributed by atoms with Crippen LogP contribution in [0.4, 0.5) is 4.39 Å². The normalized spacial score (nSPS) is 27.4. The second-order valence-electron chi connectivity index (χ2n) is 13.8. The molecule has 3 N–H and O–H groups in total. The van der Waals surface area contributed by atoms with Crippen molar-refractivity contribution in [3.63, 3.8) is 0 Å². The van der Waals surface area contributed by atoms with Gasteiger partial charge in [-0.15, -0.1) is 11.3 Å². The van der Waals surface area contributed by atoms with Gasteiger partial charge in [-0.05, 0) is 57.1 Å². The van der Waals surface area contributed by atoms with Gasteiger partial charge in [0.15, 0.2) is 10.8 Å². The molecule has 2 aliphatic heterocycles. The van der Waals surface area contributed by atoms with Crippen molar-refractivity contribution in [3.8, 4) is 5.88 Å². The van der Waals surface area contributed by atoms with Gasteiger partial charge in [-0.2, -0.15) is 0 Å². The van der Waals surface area contributed by atoms with E-state index < -0.39 is 74.4 Å². The maximum atomic E-state index is 14.7. The number of sulfonamides is 1. The Hall–Kier alpha value is -4.51. The Labute approximate surface area is 304 Å². The van der Waals surface area contributed by atoms with Crippen LogP contribution in [-0.2, 0) is 30.8 Å². The summed E-state index contributed by atoms with van der Waals surface area (Å²) in [7, 11) is -3.91. The minimum Gasteiger partial charge on any atom is -0.471 e. The molecule has 2 aliphatic carbocycles. The van der Waals surface area contributed by atoms with Crippen molar-refractivity contribution in [1.82, 2.24) is 35.2 Å². The zero-order chi connectivity index (χ0) is 36.6. The maximum absolute atomic E-state index is 14.7. The topological polar surface area (TPSA) is 190 Å². The zero-order valence-electron chi connectivity index (χ0n) is 28.5. The highest BCUT2D eigenvalue weighted by atomic mass is 32.2. The number of aryl methyl sites for hydroxylation is 1. The quantitative estimate of drug-likeness (QED) is 0.289. The first kappa shape index (κ1) is 35.9. The lowest BCUT2D eigenvalue weighted by Crippen LogP contribution is -2.58. The summed E-state index contributed by atoms with van der Waals surface area (Å²) in [5, 5.41) is 6.86. The van der Waals surface area contributed by atoms with Crippen molar-refractivity contribution in [2.24, 2.45) is 5.92 Å². The first-order valence-corrected chi connectivity index (χ1v) is 20.1. The van der Waals surface area contributed by atoms with E-state index in [2.05, 4.69) is 30.3 Å². The molecule has 1 saturated heterocycles. The summed E-state index contributed by atoms with van der Waals surface area (Å²) in [6, 6.07) is 2.29. The molecule has 2 aromatic heterocycles. The molecular formula is C35H40FN7O7S2. The molecule has 276 valence electrons. The molecule has 7 rings (SSSR count). The molecule has 0 spiro atoms. The van der Waals surface area contributed by atoms with Crippen LogP contribution in [-0.4, -0.2) is 87.4 Å². The van der Waals surface area contributed by atoms with Crippen molar-refractivity contribution in [1.29, 1.82) is 0 Å². The predicted octanol–water partition coefficient (Wildman–Crippen LogP) is 2.94. The molecule has 2 saturated carbocycles. The van der Waals surface area contributed by atoms with Gasteiger partial charge in [-0.1, -0.05) is 38.0 Å². The molecule has 0 bridgehead atoms. The number of allylic oxidation sites excluding steroid dienone is 1. The summed E-state index contributed by atoms with van der Waals surface area (Å²) < 4.78 is 48.8. The Bertz CT molecular complexity index is 2020. The van der Waals surface area contributed by atoms with E-state index >= 15 is 0 Å². The zero-order valence-corrected chi connectivity index (χ0v) is 30.2. The number of hydrogen-bond donors (Lipinski definition) is 3. The summed E-state index contributed by atoms with van der Waals surface area (Å²) >= 11 is 1.13. The van der Waals surface area contributed by atoms with E-state index in [1.807, 2.05) is 19.1 Å². The number of nitrogens with one attached hydrogen (secondary N) is 3. The summed E-state index contributed by atoms with van der Waals surface area (Å²) in [6.45, 7) is 1.76. The lowest BCUT2D eigenvalue weighted by atomic mass is 10.0. The number of rotatable bonds is 8. The van der Waals surface area contributed by atoms with Gasteiger partial charge in [0.1, 0.15) is 34.9 Å². The van der Waals surface area contributed by atoms with E-state index in [-0.39, 0.29) is 35.8 Å². The van der Waals surface area contributed by atoms with Crippen LogP contribution in [0.5, 0.6) is 5.88 Å². The third kappa shape index (κ3) is 7.38. The molecule has 1 aromatic carbocycles. The van der Waals surface area contributed by atoms with Gasteiger partial charge in [-0.25, -0.2) is 27.8 Å². The molecule has 4 aliphatic rings. The molecule has 3 aromatic rings. The smallest absolute Gasteiger partial charge is 0.280 e. The Morgan fingerprint density at radius 3 is 2.73 bits per heavy atom. The number of thiazole rings is 1. The lowest BCUT2D eigenvalue weighted by Gasteiger charge is -2.29. The van der Waals surface area contributed by atoms with E-state index in [1.54, 1.807) is 11.4 Å². The number of halogens is 1. The number of benzene rings is 1. The van der Waals surface area contributed by atoms with Gasteiger partial charge in [-0.3, -0.25) is 23.9 Å². The van der Waals surface area contributed by atoms with E-state index in [4.69, 9.17) is 4.74 Å². The molecule has 14 nitrogen and oxygen atoms in total. The lowest BCUT2D eigenvalue weighted by molar-refractivity contribution is -0.141. The molecular weight excluding hydrogens is 714 g/mol. The summed E-state index contributed by atoms with van der Waals surface area (Å²) in [4.78, 5) is 69.9. The van der Waals surface area contributed by atoms with Crippen LogP contribution in [0.2, 0.25) is 0 Å². The molecule has 5 atom stereocenters. The predicted molar refractivity (Wildman–Crippen MR) is 188 cm³/mol. The van der Waals surface area contributed by atoms with Gasteiger partial charge in [0, 0.05) is 23.9 Å². The van der Waals surface area contributed by atoms with Gasteiger partial charge in [0.2, 0.25) is 27.7 Å². The number of nitrogens with zero attached hydrogens (tertiary/aromatic N) is 4. The number of amides is 4. The van der Waals surface area contributed by atoms with Crippen LogP contribution >= 0.6 is 11.3 Å². The summed E-state index contributed by atoms with van der Waals surface area (Å²) in [6.07, 6.45) is 9.08. The number of ether oxygens (including phenoxy) is 1. The largest absolute Gasteiger partial charge is 0.471 e. The van der Waals surface area contributed by atoms with Crippen molar-refractivity contribution in [3.05, 3.63) is 58.4 Å². The van der Waals surface area contributed by atoms with Crippen LogP contribution in [0.3, 0.4) is 0 Å². The standard InChI is InChI=1S/C35H40FN7O7S2/c1-2-24-31(40-28-23(36)10-8-12-25(28)38-24)50-21-17-27-29(44)41-35(34(47)42-52(48,49)22-13-14-22)18-20(35)9-6-4-3-5-7-11-26(33(46)43(27)19-21)39-30(45)32-37-15-16-51-32/h6,8-10,12,15-16,20-22,26-27H,2-5,7,11,13-14,17-19H2,1H3,(H,39,45)(H,41,44)(H,42,47)/b9-6-/t20?,21-,26+,27+,35-/m1/s1. The number of fused-ring (bicyclic) bond motifs is 3. The molecule has 17 heteroatoms. The second-order valence-corrected chi connectivity index (χ2v) is 16.7. The molecule has 4 amide bonds. The first-order valence-electron chi connectivity index (χ1n) is 17.7. The van der Waals surface area contributed by atoms with Gasteiger partial charge < -0.3 is 20.3 Å². The summed E-state index contributed by atoms with van der Waals surface area (Å²) in [5.74, 6) is -3.47. The Morgan fingerprint density at radius 1 is 1.15 bits per heavy atom. The second kappa shape index (κ2) is 14.5. The molecule has 1 unspecified atom stereocenters. The Balaban J connectivity index is 1.20. The van der Waals surface area contributed by atoms with Gasteiger partial charge in [0.05, 0.1) is 17.3 Å². The third-order valence-electron chi connectivity index (χ3n) is 10.1. The maximum Gasteiger partial charge on any atom is 0.280 e. The highest BCUT2D eigenvalue weighted by Gasteiger charge is 2.62. The number of carbonyl (C=O) groups excluding carboxylic acids is 4.